The summed E-state index contributed by atoms with van der Waals surface area (Å²) in [6, 6.07) is 2.79. The fraction of sp³-hybridized carbons (Fsp3) is 0.444. The van der Waals surface area contributed by atoms with Crippen molar-refractivity contribution in [3.8, 4) is 0 Å². The first-order chi connectivity index (χ1) is 7.95. The number of rotatable bonds is 6. The van der Waals surface area contributed by atoms with E-state index in [0.29, 0.717) is 11.5 Å². The molecule has 0 bridgehead atoms. The molecule has 6 nitrogen and oxygen atoms in total. The number of nitrogens with zero attached hydrogens (tertiary/aromatic N) is 1. The number of anilines is 1. The van der Waals surface area contributed by atoms with Gasteiger partial charge in [-0.05, 0) is 12.1 Å². The summed E-state index contributed by atoms with van der Waals surface area (Å²) in [7, 11) is -4.57. The van der Waals surface area contributed by atoms with Crippen LogP contribution in [0.3, 0.4) is 0 Å². The summed E-state index contributed by atoms with van der Waals surface area (Å²) in [5, 5.41) is 0. The van der Waals surface area contributed by atoms with Crippen molar-refractivity contribution in [2.75, 3.05) is 23.8 Å². The highest BCUT2D eigenvalue weighted by atomic mass is 32.2. The lowest BCUT2D eigenvalue weighted by molar-refractivity contribution is 0.583. The largest absolute Gasteiger partial charge is 0.384 e. The van der Waals surface area contributed by atoms with Gasteiger partial charge >= 0.3 is 0 Å². The first-order valence-corrected chi connectivity index (χ1v) is 7.99. The van der Waals surface area contributed by atoms with Crippen molar-refractivity contribution in [1.29, 1.82) is 0 Å². The predicted octanol–water partition coefficient (Wildman–Crippen LogP) is -0.289. The maximum absolute atomic E-state index is 11.7. The highest BCUT2D eigenvalue weighted by molar-refractivity contribution is 7.89. The van der Waals surface area contributed by atoms with Crippen LogP contribution in [0.2, 0.25) is 0 Å². The Morgan fingerprint density at radius 2 is 2.18 bits per heavy atom. The van der Waals surface area contributed by atoms with Gasteiger partial charge in [-0.15, -0.1) is 0 Å². The Bertz CT molecular complexity index is 485. The van der Waals surface area contributed by atoms with Gasteiger partial charge in [-0.25, -0.2) is 18.1 Å². The molecule has 0 aliphatic heterocycles. The molecule has 0 spiro atoms. The smallest absolute Gasteiger partial charge is 0.242 e. The predicted molar refractivity (Wildman–Crippen MR) is 67.4 cm³/mol. The van der Waals surface area contributed by atoms with E-state index in [1.807, 2.05) is 0 Å². The number of aromatic nitrogens is 1. The minimum atomic E-state index is -3.58. The highest BCUT2D eigenvalue weighted by Crippen LogP contribution is 2.07. The maximum atomic E-state index is 11.7. The molecule has 3 N–H and O–H groups in total. The second-order valence-corrected chi connectivity index (χ2v) is 6.88. The van der Waals surface area contributed by atoms with Crippen molar-refractivity contribution < 1.29 is 12.6 Å². The molecule has 1 aromatic rings. The first-order valence-electron chi connectivity index (χ1n) is 5.02. The maximum Gasteiger partial charge on any atom is 0.242 e. The van der Waals surface area contributed by atoms with E-state index in [0.717, 1.165) is 0 Å². The van der Waals surface area contributed by atoms with Crippen molar-refractivity contribution in [2.24, 2.45) is 0 Å². The zero-order valence-electron chi connectivity index (χ0n) is 9.42. The summed E-state index contributed by atoms with van der Waals surface area (Å²) in [6.45, 7) is 1.93. The molecule has 96 valence electrons. The molecule has 1 aromatic heterocycles. The molecule has 0 amide bonds. The van der Waals surface area contributed by atoms with Crippen LogP contribution in [0.1, 0.15) is 6.92 Å². The molecule has 1 heterocycles. The molecule has 0 fully saturated rings. The summed E-state index contributed by atoms with van der Waals surface area (Å²) in [5.41, 5.74) is 5.36. The Morgan fingerprint density at radius 3 is 2.71 bits per heavy atom. The van der Waals surface area contributed by atoms with Crippen LogP contribution in [0.4, 0.5) is 5.82 Å². The van der Waals surface area contributed by atoms with Gasteiger partial charge in [-0.2, -0.15) is 0 Å². The van der Waals surface area contributed by atoms with E-state index in [2.05, 4.69) is 9.71 Å². The van der Waals surface area contributed by atoms with E-state index in [-0.39, 0.29) is 17.3 Å². The second kappa shape index (κ2) is 6.08. The van der Waals surface area contributed by atoms with E-state index in [4.69, 9.17) is 5.73 Å². The normalized spacial score (nSPS) is 13.5. The average Bonchev–Trinajstić information content (AvgIpc) is 2.29. The van der Waals surface area contributed by atoms with Gasteiger partial charge in [0, 0.05) is 35.0 Å². The molecule has 1 rings (SSSR count). The second-order valence-electron chi connectivity index (χ2n) is 3.25. The molecule has 1 atom stereocenters. The summed E-state index contributed by atoms with van der Waals surface area (Å²) in [5.74, 6) is 1.08. The Hall–Kier alpha value is -0.990. The zero-order chi connectivity index (χ0) is 12.9. The van der Waals surface area contributed by atoms with E-state index in [9.17, 15) is 12.6 Å². The average molecular weight is 277 g/mol. The third-order valence-corrected chi connectivity index (χ3v) is 4.76. The summed E-state index contributed by atoms with van der Waals surface area (Å²) in [4.78, 5) is 3.75. The van der Waals surface area contributed by atoms with Gasteiger partial charge in [0.25, 0.3) is 0 Å². The summed E-state index contributed by atoms with van der Waals surface area (Å²) in [6.07, 6.45) is 1.19. The lowest BCUT2D eigenvalue weighted by Gasteiger charge is -2.05. The molecular formula is C9H15N3O3S2. The molecule has 0 aliphatic rings. The van der Waals surface area contributed by atoms with Gasteiger partial charge in [0.05, 0.1) is 0 Å². The first kappa shape index (κ1) is 14.1. The lowest BCUT2D eigenvalue weighted by atomic mass is 10.5. The van der Waals surface area contributed by atoms with E-state index in [1.54, 1.807) is 6.92 Å². The van der Waals surface area contributed by atoms with Gasteiger partial charge in [0.15, 0.2) is 0 Å². The minimum Gasteiger partial charge on any atom is -0.384 e. The summed E-state index contributed by atoms with van der Waals surface area (Å²) >= 11 is 0. The molecular weight excluding hydrogens is 262 g/mol. The minimum absolute atomic E-state index is 0.0500. The SMILES string of the molecule is CCS(=O)CCNS(=O)(=O)c1ccc(N)nc1. The quantitative estimate of drug-likeness (QED) is 0.744. The van der Waals surface area contributed by atoms with Gasteiger partial charge in [-0.1, -0.05) is 6.92 Å². The summed E-state index contributed by atoms with van der Waals surface area (Å²) < 4.78 is 36.9. The molecule has 0 radical (unpaired) electrons. The third kappa shape index (κ3) is 4.41. The standard InChI is InChI=1S/C9H15N3O3S2/c1-2-16(13)6-5-12-17(14,15)8-3-4-9(10)11-7-8/h3-4,7,12H,2,5-6H2,1H3,(H2,10,11). The van der Waals surface area contributed by atoms with Crippen LogP contribution in [0, 0.1) is 0 Å². The molecule has 1 unspecified atom stereocenters. The van der Waals surface area contributed by atoms with Crippen LogP contribution in [-0.4, -0.2) is 35.7 Å². The number of sulfonamides is 1. The number of hydrogen-bond acceptors (Lipinski definition) is 5. The molecule has 0 saturated carbocycles. The van der Waals surface area contributed by atoms with Crippen molar-refractivity contribution >= 4 is 26.6 Å². The fourth-order valence-corrected chi connectivity index (χ4v) is 2.79. The zero-order valence-corrected chi connectivity index (χ0v) is 11.1. The third-order valence-electron chi connectivity index (χ3n) is 2.01. The van der Waals surface area contributed by atoms with Crippen LogP contribution >= 0.6 is 0 Å². The molecule has 0 aromatic carbocycles. The number of nitrogen functional groups attached to an aromatic ring is 1. The van der Waals surface area contributed by atoms with Crippen molar-refractivity contribution in [3.63, 3.8) is 0 Å². The Balaban J connectivity index is 2.63. The lowest BCUT2D eigenvalue weighted by Crippen LogP contribution is -2.28. The molecule has 0 aliphatic carbocycles. The van der Waals surface area contributed by atoms with Crippen molar-refractivity contribution in [1.82, 2.24) is 9.71 Å². The van der Waals surface area contributed by atoms with E-state index < -0.39 is 20.8 Å². The van der Waals surface area contributed by atoms with Gasteiger partial charge in [0.2, 0.25) is 10.0 Å². The van der Waals surface area contributed by atoms with Crippen molar-refractivity contribution in [2.45, 2.75) is 11.8 Å². The van der Waals surface area contributed by atoms with Crippen LogP contribution in [0.25, 0.3) is 0 Å². The number of nitrogens with one attached hydrogen (secondary N) is 1. The number of pyridine rings is 1. The highest BCUT2D eigenvalue weighted by Gasteiger charge is 2.13. The van der Waals surface area contributed by atoms with Gasteiger partial charge in [-0.3, -0.25) is 4.21 Å². The van der Waals surface area contributed by atoms with Crippen LogP contribution in [0.5, 0.6) is 0 Å². The number of nitrogens with two attached hydrogens (primary N) is 1. The van der Waals surface area contributed by atoms with Crippen LogP contribution in [0.15, 0.2) is 23.2 Å². The van der Waals surface area contributed by atoms with E-state index in [1.165, 1.54) is 18.3 Å². The van der Waals surface area contributed by atoms with Gasteiger partial charge in [0.1, 0.15) is 10.7 Å². The van der Waals surface area contributed by atoms with E-state index >= 15 is 0 Å². The monoisotopic (exact) mass is 277 g/mol. The Kier molecular flexibility index (Phi) is 5.03. The molecule has 0 saturated heterocycles. The van der Waals surface area contributed by atoms with Crippen molar-refractivity contribution in [3.05, 3.63) is 18.3 Å². The van der Waals surface area contributed by atoms with Crippen LogP contribution in [-0.2, 0) is 20.8 Å². The van der Waals surface area contributed by atoms with Crippen LogP contribution < -0.4 is 10.5 Å². The topological polar surface area (TPSA) is 102 Å². The number of hydrogen-bond donors (Lipinski definition) is 2. The fourth-order valence-electron chi connectivity index (χ4n) is 1.07. The van der Waals surface area contributed by atoms with Gasteiger partial charge < -0.3 is 5.73 Å². The Labute approximate surface area is 103 Å². The Morgan fingerprint density at radius 1 is 1.47 bits per heavy atom. The molecule has 8 heteroatoms. The molecule has 17 heavy (non-hydrogen) atoms.